The van der Waals surface area contributed by atoms with Gasteiger partial charge in [-0.25, -0.2) is 0 Å². The van der Waals surface area contributed by atoms with Crippen LogP contribution in [0.3, 0.4) is 0 Å². The van der Waals surface area contributed by atoms with Gasteiger partial charge in [0, 0.05) is 11.5 Å². The molecule has 0 aromatic carbocycles. The predicted molar refractivity (Wildman–Crippen MR) is 89.2 cm³/mol. The zero-order valence-corrected chi connectivity index (χ0v) is 14.4. The maximum Gasteiger partial charge on any atom is 0.243 e. The number of fused-ring (bicyclic) bond motifs is 5. The molecule has 0 saturated heterocycles. The van der Waals surface area contributed by atoms with E-state index in [0.717, 1.165) is 23.7 Å². The molecule has 0 aromatic rings. The number of nitrogens with one attached hydrogen (secondary N) is 1. The summed E-state index contributed by atoms with van der Waals surface area (Å²) in [4.78, 5) is 11.7. The van der Waals surface area contributed by atoms with Gasteiger partial charge in [0.1, 0.15) is 0 Å². The molecular formula is C20H31NO. The van der Waals surface area contributed by atoms with Crippen LogP contribution in [0.5, 0.6) is 0 Å². The molecule has 122 valence electrons. The highest BCUT2D eigenvalue weighted by Crippen LogP contribution is 2.65. The quantitative estimate of drug-likeness (QED) is 0.768. The number of carbonyl (C=O) groups is 1. The average molecular weight is 301 g/mol. The lowest BCUT2D eigenvalue weighted by Crippen LogP contribution is -2.59. The van der Waals surface area contributed by atoms with E-state index < -0.39 is 0 Å². The number of carbonyl (C=O) groups excluding carboxylic acids is 1. The molecule has 1 heterocycles. The van der Waals surface area contributed by atoms with Gasteiger partial charge in [-0.15, -0.1) is 0 Å². The first kappa shape index (κ1) is 14.8. The zero-order valence-electron chi connectivity index (χ0n) is 14.4. The van der Waals surface area contributed by atoms with Crippen LogP contribution in [-0.2, 0) is 4.79 Å². The summed E-state index contributed by atoms with van der Waals surface area (Å²) in [5, 5.41) is 3.26. The first-order chi connectivity index (χ1) is 10.5. The Morgan fingerprint density at radius 3 is 2.73 bits per heavy atom. The van der Waals surface area contributed by atoms with Crippen molar-refractivity contribution in [3.63, 3.8) is 0 Å². The Morgan fingerprint density at radius 2 is 1.95 bits per heavy atom. The first-order valence-electron chi connectivity index (χ1n) is 9.49. The van der Waals surface area contributed by atoms with E-state index in [1.807, 2.05) is 0 Å². The largest absolute Gasteiger partial charge is 0.349 e. The molecule has 1 amide bonds. The number of rotatable bonds is 1. The SMILES string of the molecule is CC[C@@H]1CCC2C3CCC4NC(=O)C=C[C@]4(C)C3CC[C@@]21C. The smallest absolute Gasteiger partial charge is 0.243 e. The highest BCUT2D eigenvalue weighted by Gasteiger charge is 2.59. The highest BCUT2D eigenvalue weighted by atomic mass is 16.1. The van der Waals surface area contributed by atoms with Gasteiger partial charge < -0.3 is 5.32 Å². The van der Waals surface area contributed by atoms with Crippen molar-refractivity contribution in [3.8, 4) is 0 Å². The van der Waals surface area contributed by atoms with E-state index >= 15 is 0 Å². The molecular weight excluding hydrogens is 270 g/mol. The summed E-state index contributed by atoms with van der Waals surface area (Å²) < 4.78 is 0. The second kappa shape index (κ2) is 4.85. The van der Waals surface area contributed by atoms with Crippen LogP contribution in [-0.4, -0.2) is 11.9 Å². The Bertz CT molecular complexity index is 512. The summed E-state index contributed by atoms with van der Waals surface area (Å²) in [6.07, 6.45) is 13.6. The van der Waals surface area contributed by atoms with E-state index in [0.29, 0.717) is 11.5 Å². The van der Waals surface area contributed by atoms with Gasteiger partial charge in [0.15, 0.2) is 0 Å². The molecule has 4 rings (SSSR count). The molecule has 3 fully saturated rings. The minimum absolute atomic E-state index is 0.119. The Balaban J connectivity index is 1.66. The van der Waals surface area contributed by atoms with Crippen molar-refractivity contribution in [1.29, 1.82) is 0 Å². The van der Waals surface area contributed by atoms with Gasteiger partial charge in [0.25, 0.3) is 0 Å². The summed E-state index contributed by atoms with van der Waals surface area (Å²) >= 11 is 0. The summed E-state index contributed by atoms with van der Waals surface area (Å²) in [5.74, 6) is 3.66. The average Bonchev–Trinajstić information content (AvgIpc) is 2.84. The number of hydrogen-bond acceptors (Lipinski definition) is 1. The number of hydrogen-bond donors (Lipinski definition) is 1. The minimum Gasteiger partial charge on any atom is -0.349 e. The summed E-state index contributed by atoms with van der Waals surface area (Å²) in [6.45, 7) is 7.41. The lowest BCUT2D eigenvalue weighted by atomic mass is 9.48. The molecule has 4 aliphatic rings. The third-order valence-corrected chi connectivity index (χ3v) is 8.38. The molecule has 7 atom stereocenters. The Labute approximate surface area is 135 Å². The van der Waals surface area contributed by atoms with Crippen molar-refractivity contribution in [2.45, 2.75) is 71.8 Å². The first-order valence-corrected chi connectivity index (χ1v) is 9.49. The van der Waals surface area contributed by atoms with E-state index in [-0.39, 0.29) is 11.3 Å². The van der Waals surface area contributed by atoms with Crippen LogP contribution in [0.15, 0.2) is 12.2 Å². The van der Waals surface area contributed by atoms with E-state index in [9.17, 15) is 4.79 Å². The molecule has 2 heteroatoms. The van der Waals surface area contributed by atoms with Gasteiger partial charge in [0.05, 0.1) is 0 Å². The van der Waals surface area contributed by atoms with Crippen LogP contribution in [0.1, 0.15) is 65.7 Å². The van der Waals surface area contributed by atoms with Crippen LogP contribution in [0.4, 0.5) is 0 Å². The van der Waals surface area contributed by atoms with Gasteiger partial charge in [-0.1, -0.05) is 33.3 Å². The van der Waals surface area contributed by atoms with Crippen molar-refractivity contribution >= 4 is 5.91 Å². The predicted octanol–water partition coefficient (Wildman–Crippen LogP) is 4.31. The Kier molecular flexibility index (Phi) is 3.26. The second-order valence-electron chi connectivity index (χ2n) is 8.94. The summed E-state index contributed by atoms with van der Waals surface area (Å²) in [6, 6.07) is 0.374. The van der Waals surface area contributed by atoms with Gasteiger partial charge in [0.2, 0.25) is 5.91 Å². The van der Waals surface area contributed by atoms with Crippen molar-refractivity contribution < 1.29 is 4.79 Å². The molecule has 1 aliphatic heterocycles. The fourth-order valence-corrected chi connectivity index (χ4v) is 7.11. The highest BCUT2D eigenvalue weighted by molar-refractivity contribution is 5.89. The molecule has 22 heavy (non-hydrogen) atoms. The molecule has 3 aliphatic carbocycles. The topological polar surface area (TPSA) is 29.1 Å². The Hall–Kier alpha value is -0.790. The van der Waals surface area contributed by atoms with Gasteiger partial charge in [-0.3, -0.25) is 4.79 Å². The van der Waals surface area contributed by atoms with Crippen LogP contribution in [0.25, 0.3) is 0 Å². The van der Waals surface area contributed by atoms with Crippen molar-refractivity contribution in [3.05, 3.63) is 12.2 Å². The molecule has 0 aromatic heterocycles. The molecule has 4 unspecified atom stereocenters. The van der Waals surface area contributed by atoms with Gasteiger partial charge in [-0.2, -0.15) is 0 Å². The molecule has 1 N–H and O–H groups in total. The summed E-state index contributed by atoms with van der Waals surface area (Å²) in [7, 11) is 0. The monoisotopic (exact) mass is 301 g/mol. The van der Waals surface area contributed by atoms with Crippen LogP contribution in [0.2, 0.25) is 0 Å². The van der Waals surface area contributed by atoms with Crippen molar-refractivity contribution in [2.75, 3.05) is 0 Å². The maximum atomic E-state index is 11.7. The Morgan fingerprint density at radius 1 is 1.14 bits per heavy atom. The van der Waals surface area contributed by atoms with Crippen molar-refractivity contribution in [1.82, 2.24) is 5.32 Å². The van der Waals surface area contributed by atoms with Crippen LogP contribution < -0.4 is 5.32 Å². The van der Waals surface area contributed by atoms with Gasteiger partial charge >= 0.3 is 0 Å². The molecule has 0 bridgehead atoms. The van der Waals surface area contributed by atoms with E-state index in [1.165, 1.54) is 44.9 Å². The van der Waals surface area contributed by atoms with Crippen LogP contribution in [0, 0.1) is 34.5 Å². The van der Waals surface area contributed by atoms with Crippen LogP contribution >= 0.6 is 0 Å². The molecule has 0 radical (unpaired) electrons. The van der Waals surface area contributed by atoms with E-state index in [1.54, 1.807) is 6.08 Å². The van der Waals surface area contributed by atoms with Gasteiger partial charge in [-0.05, 0) is 73.7 Å². The minimum atomic E-state index is 0.119. The van der Waals surface area contributed by atoms with E-state index in [2.05, 4.69) is 32.2 Å². The number of amides is 1. The summed E-state index contributed by atoms with van der Waals surface area (Å²) in [5.41, 5.74) is 0.795. The lowest BCUT2D eigenvalue weighted by Gasteiger charge is -2.59. The lowest BCUT2D eigenvalue weighted by molar-refractivity contribution is -0.122. The fraction of sp³-hybridized carbons (Fsp3) is 0.850. The zero-order chi connectivity index (χ0) is 15.5. The van der Waals surface area contributed by atoms with E-state index in [4.69, 9.17) is 0 Å². The molecule has 2 nitrogen and oxygen atoms in total. The molecule has 3 saturated carbocycles. The third-order valence-electron chi connectivity index (χ3n) is 8.38. The normalized spacial score (nSPS) is 53.4. The second-order valence-corrected chi connectivity index (χ2v) is 8.94. The maximum absolute atomic E-state index is 11.7. The standard InChI is InChI=1S/C20H31NO/c1-4-13-5-7-15-14-6-8-17-20(3,12-10-18(22)21-17)16(14)9-11-19(13,15)2/h10,12-17H,4-9,11H2,1-3H3,(H,21,22)/t13-,14?,15?,16?,17?,19-,20-/m1/s1. The fourth-order valence-electron chi connectivity index (χ4n) is 7.11. The molecule has 0 spiro atoms. The van der Waals surface area contributed by atoms with Crippen molar-refractivity contribution in [2.24, 2.45) is 34.5 Å². The third kappa shape index (κ3) is 1.82.